The Morgan fingerprint density at radius 1 is 0.935 bits per heavy atom. The maximum absolute atomic E-state index is 12.8. The lowest BCUT2D eigenvalue weighted by Crippen LogP contribution is -2.47. The van der Waals surface area contributed by atoms with Crippen LogP contribution in [0.25, 0.3) is 0 Å². The Balaban J connectivity index is 1.23. The number of nitrogens with zero attached hydrogens (tertiary/aromatic N) is 2. The van der Waals surface area contributed by atoms with Gasteiger partial charge in [0.1, 0.15) is 6.04 Å². The van der Waals surface area contributed by atoms with E-state index in [1.807, 2.05) is 42.5 Å². The lowest BCUT2D eigenvalue weighted by molar-refractivity contribution is -0.125. The van der Waals surface area contributed by atoms with Gasteiger partial charge in [-0.1, -0.05) is 41.9 Å². The predicted octanol–water partition coefficient (Wildman–Crippen LogP) is 3.97. The summed E-state index contributed by atoms with van der Waals surface area (Å²) in [5, 5.41) is 3.90. The first-order valence-electron chi connectivity index (χ1n) is 11.2. The molecule has 2 amide bonds. The number of nitrogens with one attached hydrogen (secondary N) is 1. The van der Waals surface area contributed by atoms with Crippen molar-refractivity contribution < 1.29 is 9.59 Å². The molecule has 6 heteroatoms. The molecular formula is C25H30ClN3O2. The van der Waals surface area contributed by atoms with E-state index in [0.29, 0.717) is 24.6 Å². The number of hydrogen-bond acceptors (Lipinski definition) is 3. The van der Waals surface area contributed by atoms with Gasteiger partial charge in [-0.3, -0.25) is 14.5 Å². The number of amides is 2. The van der Waals surface area contributed by atoms with Crippen LogP contribution in [0, 0.1) is 5.92 Å². The van der Waals surface area contributed by atoms with Crippen LogP contribution in [0.15, 0.2) is 54.6 Å². The number of halogens is 1. The fourth-order valence-electron chi connectivity index (χ4n) is 4.59. The molecule has 1 N–H and O–H groups in total. The molecule has 31 heavy (non-hydrogen) atoms. The van der Waals surface area contributed by atoms with Crippen LogP contribution < -0.4 is 5.32 Å². The first-order valence-corrected chi connectivity index (χ1v) is 11.6. The highest BCUT2D eigenvalue weighted by Crippen LogP contribution is 2.22. The summed E-state index contributed by atoms with van der Waals surface area (Å²) >= 11 is 5.97. The van der Waals surface area contributed by atoms with Crippen molar-refractivity contribution in [2.75, 3.05) is 26.2 Å². The van der Waals surface area contributed by atoms with Crippen LogP contribution in [0.4, 0.5) is 0 Å². The molecule has 0 aliphatic carbocycles. The molecule has 4 rings (SSSR count). The molecule has 2 aromatic carbocycles. The van der Waals surface area contributed by atoms with Gasteiger partial charge in [-0.05, 0) is 74.5 Å². The molecule has 0 bridgehead atoms. The number of likely N-dealkylation sites (tertiary alicyclic amines) is 2. The molecule has 2 aliphatic heterocycles. The summed E-state index contributed by atoms with van der Waals surface area (Å²) in [6.07, 6.45) is 3.76. The molecule has 164 valence electrons. The van der Waals surface area contributed by atoms with Crippen LogP contribution in [-0.2, 0) is 11.3 Å². The van der Waals surface area contributed by atoms with E-state index >= 15 is 0 Å². The van der Waals surface area contributed by atoms with E-state index in [4.69, 9.17) is 11.6 Å². The summed E-state index contributed by atoms with van der Waals surface area (Å²) in [6, 6.07) is 16.9. The summed E-state index contributed by atoms with van der Waals surface area (Å²) in [5.41, 5.74) is 1.93. The van der Waals surface area contributed by atoms with E-state index in [1.54, 1.807) is 4.90 Å². The van der Waals surface area contributed by atoms with Crippen molar-refractivity contribution in [3.8, 4) is 0 Å². The van der Waals surface area contributed by atoms with Crippen LogP contribution in [0.1, 0.15) is 41.6 Å². The lowest BCUT2D eigenvalue weighted by Gasteiger charge is -2.32. The standard InChI is InChI=1S/C25H30ClN3O2/c26-22-10-8-20(9-11-22)18-28-15-12-19(13-16-28)17-27-24(30)23-7-4-14-29(23)25(31)21-5-2-1-3-6-21/h1-3,5-6,8-11,19,23H,4,7,12-18H2,(H,27,30). The van der Waals surface area contributed by atoms with Crippen LogP contribution in [0.3, 0.4) is 0 Å². The zero-order valence-corrected chi connectivity index (χ0v) is 18.6. The van der Waals surface area contributed by atoms with Crippen molar-refractivity contribution in [2.45, 2.75) is 38.3 Å². The Morgan fingerprint density at radius 3 is 2.35 bits per heavy atom. The molecular weight excluding hydrogens is 410 g/mol. The minimum atomic E-state index is -0.349. The molecule has 0 spiro atoms. The summed E-state index contributed by atoms with van der Waals surface area (Å²) in [6.45, 7) is 4.34. The Morgan fingerprint density at radius 2 is 1.65 bits per heavy atom. The first-order chi connectivity index (χ1) is 15.1. The van der Waals surface area contributed by atoms with Crippen LogP contribution in [-0.4, -0.2) is 53.8 Å². The van der Waals surface area contributed by atoms with E-state index < -0.39 is 0 Å². The molecule has 1 unspecified atom stereocenters. The molecule has 1 atom stereocenters. The second kappa shape index (κ2) is 10.3. The van der Waals surface area contributed by atoms with E-state index in [9.17, 15) is 9.59 Å². The molecule has 2 fully saturated rings. The van der Waals surface area contributed by atoms with Crippen molar-refractivity contribution >= 4 is 23.4 Å². The topological polar surface area (TPSA) is 52.7 Å². The van der Waals surface area contributed by atoms with Gasteiger partial charge in [0.25, 0.3) is 5.91 Å². The molecule has 2 aliphatic rings. The maximum Gasteiger partial charge on any atom is 0.254 e. The summed E-state index contributed by atoms with van der Waals surface area (Å²) in [4.78, 5) is 29.8. The normalized spacial score (nSPS) is 20.0. The zero-order valence-electron chi connectivity index (χ0n) is 17.8. The van der Waals surface area contributed by atoms with Crippen molar-refractivity contribution in [2.24, 2.45) is 5.92 Å². The molecule has 0 aromatic heterocycles. The van der Waals surface area contributed by atoms with E-state index in [1.165, 1.54) is 5.56 Å². The van der Waals surface area contributed by atoms with E-state index in [2.05, 4.69) is 22.3 Å². The minimum Gasteiger partial charge on any atom is -0.354 e. The van der Waals surface area contributed by atoms with E-state index in [-0.39, 0.29) is 17.9 Å². The van der Waals surface area contributed by atoms with Crippen molar-refractivity contribution in [3.63, 3.8) is 0 Å². The molecule has 5 nitrogen and oxygen atoms in total. The van der Waals surface area contributed by atoms with Crippen molar-refractivity contribution in [1.82, 2.24) is 15.1 Å². The third-order valence-corrected chi connectivity index (χ3v) is 6.68. The minimum absolute atomic E-state index is 0.00891. The second-order valence-electron chi connectivity index (χ2n) is 8.61. The SMILES string of the molecule is O=C(NCC1CCN(Cc2ccc(Cl)cc2)CC1)C1CCCN1C(=O)c1ccccc1. The molecule has 0 radical (unpaired) electrons. The highest BCUT2D eigenvalue weighted by Gasteiger charge is 2.34. The Kier molecular flexibility index (Phi) is 7.25. The summed E-state index contributed by atoms with van der Waals surface area (Å²) in [7, 11) is 0. The second-order valence-corrected chi connectivity index (χ2v) is 9.05. The van der Waals surface area contributed by atoms with Crippen LogP contribution in [0.2, 0.25) is 5.02 Å². The molecule has 2 saturated heterocycles. The smallest absolute Gasteiger partial charge is 0.254 e. The average molecular weight is 440 g/mol. The van der Waals surface area contributed by atoms with Crippen molar-refractivity contribution in [3.05, 3.63) is 70.7 Å². The Labute approximate surface area is 189 Å². The van der Waals surface area contributed by atoms with Gasteiger partial charge in [-0.15, -0.1) is 0 Å². The maximum atomic E-state index is 12.8. The van der Waals surface area contributed by atoms with Gasteiger partial charge in [0, 0.05) is 30.2 Å². The monoisotopic (exact) mass is 439 g/mol. The molecule has 2 heterocycles. The highest BCUT2D eigenvalue weighted by molar-refractivity contribution is 6.30. The summed E-state index contributed by atoms with van der Waals surface area (Å²) in [5.74, 6) is 0.434. The third kappa shape index (κ3) is 5.66. The number of carbonyl (C=O) groups is 2. The van der Waals surface area contributed by atoms with Crippen LogP contribution >= 0.6 is 11.6 Å². The van der Waals surface area contributed by atoms with Gasteiger partial charge in [0.15, 0.2) is 0 Å². The summed E-state index contributed by atoms with van der Waals surface area (Å²) < 4.78 is 0. The number of rotatable bonds is 6. The first kappa shape index (κ1) is 21.8. The third-order valence-electron chi connectivity index (χ3n) is 6.43. The fourth-order valence-corrected chi connectivity index (χ4v) is 4.71. The molecule has 2 aromatic rings. The van der Waals surface area contributed by atoms with Crippen LogP contribution in [0.5, 0.6) is 0 Å². The number of hydrogen-bond donors (Lipinski definition) is 1. The zero-order chi connectivity index (χ0) is 21.6. The average Bonchev–Trinajstić information content (AvgIpc) is 3.30. The van der Waals surface area contributed by atoms with Gasteiger partial charge in [0.2, 0.25) is 5.91 Å². The fraction of sp³-hybridized carbons (Fsp3) is 0.440. The van der Waals surface area contributed by atoms with Gasteiger partial charge in [0.05, 0.1) is 0 Å². The van der Waals surface area contributed by atoms with Gasteiger partial charge < -0.3 is 10.2 Å². The van der Waals surface area contributed by atoms with Gasteiger partial charge in [-0.2, -0.15) is 0 Å². The van der Waals surface area contributed by atoms with Crippen molar-refractivity contribution in [1.29, 1.82) is 0 Å². The lowest BCUT2D eigenvalue weighted by atomic mass is 9.96. The van der Waals surface area contributed by atoms with Gasteiger partial charge >= 0.3 is 0 Å². The van der Waals surface area contributed by atoms with Gasteiger partial charge in [-0.25, -0.2) is 0 Å². The largest absolute Gasteiger partial charge is 0.354 e. The highest BCUT2D eigenvalue weighted by atomic mass is 35.5. The van der Waals surface area contributed by atoms with E-state index in [0.717, 1.165) is 50.3 Å². The number of benzene rings is 2. The molecule has 0 saturated carbocycles. The number of piperidine rings is 1. The Hall–Kier alpha value is -2.37. The quantitative estimate of drug-likeness (QED) is 0.740. The number of carbonyl (C=O) groups excluding carboxylic acids is 2. The predicted molar refractivity (Wildman–Crippen MR) is 123 cm³/mol. The Bertz CT molecular complexity index is 879.